The number of aryl methyl sites for hydroxylation is 1. The molecule has 1 aliphatic rings. The van der Waals surface area contributed by atoms with E-state index in [9.17, 15) is 4.79 Å². The van der Waals surface area contributed by atoms with Gasteiger partial charge in [-0.3, -0.25) is 9.78 Å². The SMILES string of the molecule is CCCCc1ccc(C#Cc2cncc3cc(/C=C4\SC(=S)NC4=O)oc23)cc1. The van der Waals surface area contributed by atoms with Crippen molar-refractivity contribution in [2.45, 2.75) is 26.2 Å². The van der Waals surface area contributed by atoms with Crippen LogP contribution in [0.1, 0.15) is 42.2 Å². The number of rotatable bonds is 4. The second-order valence-corrected chi connectivity index (χ2v) is 8.38. The van der Waals surface area contributed by atoms with Gasteiger partial charge in [0.2, 0.25) is 0 Å². The van der Waals surface area contributed by atoms with Crippen LogP contribution in [0.5, 0.6) is 0 Å². The van der Waals surface area contributed by atoms with Crippen molar-refractivity contribution in [3.63, 3.8) is 0 Å². The summed E-state index contributed by atoms with van der Waals surface area (Å²) in [4.78, 5) is 16.6. The van der Waals surface area contributed by atoms with E-state index in [1.54, 1.807) is 18.5 Å². The highest BCUT2D eigenvalue weighted by Crippen LogP contribution is 2.29. The first kappa shape index (κ1) is 19.4. The Morgan fingerprint density at radius 1 is 1.24 bits per heavy atom. The minimum atomic E-state index is -0.207. The third-order valence-corrected chi connectivity index (χ3v) is 5.63. The van der Waals surface area contributed by atoms with Crippen molar-refractivity contribution in [3.05, 3.63) is 70.1 Å². The normalized spacial score (nSPS) is 14.9. The van der Waals surface area contributed by atoms with Gasteiger partial charge in [-0.2, -0.15) is 0 Å². The number of fused-ring (bicyclic) bond motifs is 1. The van der Waals surface area contributed by atoms with E-state index in [2.05, 4.69) is 41.2 Å². The first-order chi connectivity index (χ1) is 14.1. The minimum absolute atomic E-state index is 0.207. The number of thiocarbonyl (C=S) groups is 1. The number of nitrogens with zero attached hydrogens (tertiary/aromatic N) is 1. The van der Waals surface area contributed by atoms with E-state index >= 15 is 0 Å². The average molecular weight is 419 g/mol. The second-order valence-electron chi connectivity index (χ2n) is 6.66. The molecular formula is C23H18N2O2S2. The first-order valence-electron chi connectivity index (χ1n) is 9.36. The van der Waals surface area contributed by atoms with Gasteiger partial charge in [0.15, 0.2) is 5.58 Å². The predicted octanol–water partition coefficient (Wildman–Crippen LogP) is 5.06. The molecule has 1 amide bonds. The van der Waals surface area contributed by atoms with E-state index in [1.165, 1.54) is 30.2 Å². The molecule has 1 N–H and O–H groups in total. The molecule has 0 radical (unpaired) electrons. The average Bonchev–Trinajstić information content (AvgIpc) is 3.27. The summed E-state index contributed by atoms with van der Waals surface area (Å²) in [5.41, 5.74) is 3.65. The largest absolute Gasteiger partial charge is 0.455 e. The topological polar surface area (TPSA) is 55.1 Å². The number of unbranched alkanes of at least 4 members (excludes halogenated alkanes) is 1. The van der Waals surface area contributed by atoms with Crippen LogP contribution in [0, 0.1) is 11.8 Å². The van der Waals surface area contributed by atoms with E-state index < -0.39 is 0 Å². The van der Waals surface area contributed by atoms with Gasteiger partial charge in [0.25, 0.3) is 5.91 Å². The van der Waals surface area contributed by atoms with E-state index in [-0.39, 0.29) is 5.91 Å². The molecule has 2 aromatic heterocycles. The number of furan rings is 1. The van der Waals surface area contributed by atoms with Gasteiger partial charge in [-0.15, -0.1) is 0 Å². The molecule has 6 heteroatoms. The van der Waals surface area contributed by atoms with E-state index in [4.69, 9.17) is 16.6 Å². The van der Waals surface area contributed by atoms with E-state index in [0.29, 0.717) is 26.1 Å². The second kappa shape index (κ2) is 8.64. The zero-order valence-corrected chi connectivity index (χ0v) is 17.5. The number of benzene rings is 1. The van der Waals surface area contributed by atoms with Crippen LogP contribution in [0.3, 0.4) is 0 Å². The standard InChI is InChI=1S/C23H18N2O2S2/c1-2-3-4-15-5-7-16(8-6-15)9-10-17-13-24-14-18-11-19(27-21(17)18)12-20-22(26)25-23(28)29-20/h5-8,11-14H,2-4H2,1H3,(H,25,26,28)/b20-12-. The van der Waals surface area contributed by atoms with Crippen LogP contribution in [-0.4, -0.2) is 15.2 Å². The maximum atomic E-state index is 11.8. The smallest absolute Gasteiger partial charge is 0.263 e. The molecule has 1 fully saturated rings. The lowest BCUT2D eigenvalue weighted by atomic mass is 10.1. The van der Waals surface area contributed by atoms with Crippen molar-refractivity contribution in [1.29, 1.82) is 0 Å². The number of thioether (sulfide) groups is 1. The number of hydrogen-bond donors (Lipinski definition) is 1. The lowest BCUT2D eigenvalue weighted by molar-refractivity contribution is -0.115. The molecule has 29 heavy (non-hydrogen) atoms. The summed E-state index contributed by atoms with van der Waals surface area (Å²) in [5, 5.41) is 3.43. The summed E-state index contributed by atoms with van der Waals surface area (Å²) in [5.74, 6) is 6.70. The van der Waals surface area contributed by atoms with Crippen LogP contribution in [0.4, 0.5) is 0 Å². The van der Waals surface area contributed by atoms with Gasteiger partial charge in [0.1, 0.15) is 10.1 Å². The number of carbonyl (C=O) groups excluding carboxylic acids is 1. The number of nitrogens with one attached hydrogen (secondary N) is 1. The van der Waals surface area contributed by atoms with Crippen molar-refractivity contribution in [2.75, 3.05) is 0 Å². The Morgan fingerprint density at radius 3 is 2.79 bits per heavy atom. The van der Waals surface area contributed by atoms with Gasteiger partial charge < -0.3 is 9.73 Å². The van der Waals surface area contributed by atoms with Gasteiger partial charge in [-0.05, 0) is 36.6 Å². The van der Waals surface area contributed by atoms with Gasteiger partial charge in [-0.1, -0.05) is 61.3 Å². The molecule has 0 aliphatic carbocycles. The maximum Gasteiger partial charge on any atom is 0.263 e. The lowest BCUT2D eigenvalue weighted by Gasteiger charge is -1.99. The fourth-order valence-electron chi connectivity index (χ4n) is 2.97. The minimum Gasteiger partial charge on any atom is -0.455 e. The Balaban J connectivity index is 1.60. The highest BCUT2D eigenvalue weighted by molar-refractivity contribution is 8.26. The highest BCUT2D eigenvalue weighted by atomic mass is 32.2. The molecule has 0 bridgehead atoms. The number of aromatic nitrogens is 1. The number of hydrogen-bond acceptors (Lipinski definition) is 5. The molecular weight excluding hydrogens is 400 g/mol. The van der Waals surface area contributed by atoms with Gasteiger partial charge in [-0.25, -0.2) is 0 Å². The van der Waals surface area contributed by atoms with Crippen LogP contribution < -0.4 is 5.32 Å². The molecule has 0 atom stereocenters. The summed E-state index contributed by atoms with van der Waals surface area (Å²) in [6, 6.07) is 10.2. The Labute approximate surface area is 178 Å². The van der Waals surface area contributed by atoms with Crippen LogP contribution >= 0.6 is 24.0 Å². The maximum absolute atomic E-state index is 11.8. The highest BCUT2D eigenvalue weighted by Gasteiger charge is 2.22. The molecule has 0 saturated carbocycles. The van der Waals surface area contributed by atoms with E-state index in [1.807, 2.05) is 18.2 Å². The van der Waals surface area contributed by atoms with Crippen molar-refractivity contribution < 1.29 is 9.21 Å². The van der Waals surface area contributed by atoms with Gasteiger partial charge in [0.05, 0.1) is 10.5 Å². The zero-order chi connectivity index (χ0) is 20.2. The summed E-state index contributed by atoms with van der Waals surface area (Å²) in [6.45, 7) is 2.20. The Morgan fingerprint density at radius 2 is 2.07 bits per heavy atom. The number of carbonyl (C=O) groups is 1. The Bertz CT molecular complexity index is 1180. The quantitative estimate of drug-likeness (QED) is 0.365. The van der Waals surface area contributed by atoms with Crippen LogP contribution in [0.25, 0.3) is 17.0 Å². The zero-order valence-electron chi connectivity index (χ0n) is 15.8. The number of amides is 1. The van der Waals surface area contributed by atoms with Gasteiger partial charge in [0, 0.05) is 29.4 Å². The molecule has 144 valence electrons. The van der Waals surface area contributed by atoms with Crippen molar-refractivity contribution in [2.24, 2.45) is 0 Å². The molecule has 3 aromatic rings. The monoisotopic (exact) mass is 418 g/mol. The summed E-state index contributed by atoms with van der Waals surface area (Å²) in [7, 11) is 0. The fourth-order valence-corrected chi connectivity index (χ4v) is 3.99. The molecule has 1 aromatic carbocycles. The van der Waals surface area contributed by atoms with Crippen LogP contribution in [-0.2, 0) is 11.2 Å². The van der Waals surface area contributed by atoms with Crippen molar-refractivity contribution in [3.8, 4) is 11.8 Å². The molecule has 0 unspecified atom stereocenters. The Hall–Kier alpha value is -2.88. The van der Waals surface area contributed by atoms with Crippen LogP contribution in [0.2, 0.25) is 0 Å². The van der Waals surface area contributed by atoms with E-state index in [0.717, 1.165) is 17.4 Å². The number of pyridine rings is 1. The predicted molar refractivity (Wildman–Crippen MR) is 121 cm³/mol. The summed E-state index contributed by atoms with van der Waals surface area (Å²) >= 11 is 6.24. The molecule has 1 saturated heterocycles. The molecule has 4 nitrogen and oxygen atoms in total. The van der Waals surface area contributed by atoms with Gasteiger partial charge >= 0.3 is 0 Å². The summed E-state index contributed by atoms with van der Waals surface area (Å²) in [6.07, 6.45) is 8.58. The molecule has 3 heterocycles. The van der Waals surface area contributed by atoms with Crippen LogP contribution in [0.15, 0.2) is 52.0 Å². The summed E-state index contributed by atoms with van der Waals surface area (Å²) < 4.78 is 6.39. The Kier molecular flexibility index (Phi) is 5.79. The first-order valence-corrected chi connectivity index (χ1v) is 10.6. The third-order valence-electron chi connectivity index (χ3n) is 4.47. The van der Waals surface area contributed by atoms with Crippen molar-refractivity contribution in [1.82, 2.24) is 10.3 Å². The molecule has 4 rings (SSSR count). The molecule has 0 spiro atoms. The fraction of sp³-hybridized carbons (Fsp3) is 0.174. The van der Waals surface area contributed by atoms with Crippen molar-refractivity contribution >= 4 is 51.3 Å². The molecule has 1 aliphatic heterocycles. The third kappa shape index (κ3) is 4.58. The lowest BCUT2D eigenvalue weighted by Crippen LogP contribution is -2.17.